The van der Waals surface area contributed by atoms with Crippen LogP contribution in [-0.2, 0) is 4.74 Å². The maximum Gasteiger partial charge on any atom is 0.129 e. The van der Waals surface area contributed by atoms with Gasteiger partial charge in [0, 0.05) is 31.7 Å². The Hall–Kier alpha value is -1.39. The van der Waals surface area contributed by atoms with E-state index in [0.717, 1.165) is 29.2 Å². The molecule has 1 aromatic carbocycles. The van der Waals surface area contributed by atoms with Gasteiger partial charge in [0.05, 0.1) is 12.2 Å². The number of aromatic nitrogens is 1. The molecule has 0 atom stereocenters. The number of thiazole rings is 1. The Morgan fingerprint density at radius 2 is 2.14 bits per heavy atom. The predicted molar refractivity (Wildman–Crippen MR) is 92.4 cm³/mol. The van der Waals surface area contributed by atoms with Gasteiger partial charge in [-0.05, 0) is 36.5 Å². The molecular weight excluding hydrogens is 294 g/mol. The number of rotatable bonds is 9. The highest BCUT2D eigenvalue weighted by Gasteiger charge is 2.10. The first-order chi connectivity index (χ1) is 10.7. The van der Waals surface area contributed by atoms with Gasteiger partial charge in [0.25, 0.3) is 0 Å². The lowest BCUT2D eigenvalue weighted by molar-refractivity contribution is 0.172. The Balaban J connectivity index is 2.13. The highest BCUT2D eigenvalue weighted by atomic mass is 32.1. The van der Waals surface area contributed by atoms with E-state index in [9.17, 15) is 0 Å². The lowest BCUT2D eigenvalue weighted by atomic mass is 10.0. The zero-order valence-corrected chi connectivity index (χ0v) is 14.4. The number of methoxy groups -OCH3 is 1. The summed E-state index contributed by atoms with van der Waals surface area (Å²) >= 11 is 1.63. The van der Waals surface area contributed by atoms with E-state index in [-0.39, 0.29) is 0 Å². The molecule has 0 bridgehead atoms. The van der Waals surface area contributed by atoms with Crippen LogP contribution < -0.4 is 4.74 Å². The van der Waals surface area contributed by atoms with E-state index in [1.54, 1.807) is 18.4 Å². The Bertz CT molecular complexity index is 552. The van der Waals surface area contributed by atoms with Gasteiger partial charge in [0.1, 0.15) is 10.8 Å². The van der Waals surface area contributed by atoms with Crippen LogP contribution in [0.5, 0.6) is 5.75 Å². The smallest absolute Gasteiger partial charge is 0.129 e. The molecule has 1 heterocycles. The molecule has 119 valence electrons. The second-order valence-electron chi connectivity index (χ2n) is 5.62. The van der Waals surface area contributed by atoms with Crippen LogP contribution in [-0.4, -0.2) is 25.3 Å². The van der Waals surface area contributed by atoms with Crippen LogP contribution in [0.25, 0.3) is 10.6 Å². The largest absolute Gasteiger partial charge is 0.493 e. The van der Waals surface area contributed by atoms with Crippen molar-refractivity contribution >= 4 is 11.3 Å². The lowest BCUT2D eigenvalue weighted by Gasteiger charge is -2.12. The molecule has 0 spiro atoms. The number of nitrogens with zero attached hydrogens (tertiary/aromatic N) is 1. The average Bonchev–Trinajstić information content (AvgIpc) is 3.04. The molecule has 0 saturated heterocycles. The Labute approximate surface area is 137 Å². The fourth-order valence-electron chi connectivity index (χ4n) is 2.08. The van der Waals surface area contributed by atoms with E-state index in [4.69, 9.17) is 9.47 Å². The fourth-order valence-corrected chi connectivity index (χ4v) is 2.74. The van der Waals surface area contributed by atoms with Gasteiger partial charge in [-0.2, -0.15) is 0 Å². The molecule has 0 saturated carbocycles. The van der Waals surface area contributed by atoms with Crippen LogP contribution in [0.15, 0.2) is 29.8 Å². The molecule has 2 aromatic rings. The van der Waals surface area contributed by atoms with Gasteiger partial charge >= 0.3 is 0 Å². The van der Waals surface area contributed by atoms with E-state index in [2.05, 4.69) is 43.5 Å². The van der Waals surface area contributed by atoms with Crippen LogP contribution >= 0.6 is 11.3 Å². The van der Waals surface area contributed by atoms with Crippen LogP contribution in [0.4, 0.5) is 0 Å². The molecule has 0 unspecified atom stereocenters. The fraction of sp³-hybridized carbons (Fsp3) is 0.444. The number of ether oxygens (including phenoxy) is 2. The first-order valence-corrected chi connectivity index (χ1v) is 8.57. The molecule has 22 heavy (non-hydrogen) atoms. The maximum atomic E-state index is 5.98. The number of benzene rings is 1. The van der Waals surface area contributed by atoms with Gasteiger partial charge in [-0.1, -0.05) is 19.9 Å². The van der Waals surface area contributed by atoms with Crippen molar-refractivity contribution in [2.75, 3.05) is 20.3 Å². The monoisotopic (exact) mass is 318 g/mol. The third-order valence-corrected chi connectivity index (χ3v) is 4.05. The minimum Gasteiger partial charge on any atom is -0.493 e. The Morgan fingerprint density at radius 1 is 1.27 bits per heavy atom. The van der Waals surface area contributed by atoms with E-state index >= 15 is 0 Å². The molecule has 1 aromatic heterocycles. The highest BCUT2D eigenvalue weighted by molar-refractivity contribution is 7.13. The standard InChI is InChI=1S/C18H24NO2S/c1-14(2)5-6-15-7-8-16(18-19-9-12-22-18)17(13-15)21-11-4-10-20-3/h6-9,12-14H,4-5,10-11H2,1-3H3. The number of hydrogen-bond acceptors (Lipinski definition) is 4. The van der Waals surface area contributed by atoms with Gasteiger partial charge in [0.2, 0.25) is 0 Å². The van der Waals surface area contributed by atoms with Crippen molar-refractivity contribution < 1.29 is 9.47 Å². The summed E-state index contributed by atoms with van der Waals surface area (Å²) in [6.07, 6.45) is 6.04. The van der Waals surface area contributed by atoms with Gasteiger partial charge in [-0.25, -0.2) is 4.98 Å². The van der Waals surface area contributed by atoms with Crippen molar-refractivity contribution in [1.82, 2.24) is 4.98 Å². The van der Waals surface area contributed by atoms with Crippen molar-refractivity contribution in [2.24, 2.45) is 5.92 Å². The van der Waals surface area contributed by atoms with Crippen LogP contribution in [0.2, 0.25) is 0 Å². The Kier molecular flexibility index (Phi) is 6.87. The number of hydrogen-bond donors (Lipinski definition) is 0. The van der Waals surface area contributed by atoms with Crippen LogP contribution in [0.1, 0.15) is 32.3 Å². The lowest BCUT2D eigenvalue weighted by Crippen LogP contribution is -2.03. The summed E-state index contributed by atoms with van der Waals surface area (Å²) in [5.74, 6) is 1.56. The molecule has 1 radical (unpaired) electrons. The summed E-state index contributed by atoms with van der Waals surface area (Å²) in [5, 5.41) is 2.99. The second-order valence-corrected chi connectivity index (χ2v) is 6.52. The van der Waals surface area contributed by atoms with Gasteiger partial charge in [-0.15, -0.1) is 11.3 Å². The molecule has 4 heteroatoms. The van der Waals surface area contributed by atoms with E-state index in [0.29, 0.717) is 19.1 Å². The SMILES string of the molecule is COCCCOc1cc([CH]CC(C)C)ccc1-c1nccs1. The summed E-state index contributed by atoms with van der Waals surface area (Å²) in [7, 11) is 1.71. The topological polar surface area (TPSA) is 31.4 Å². The van der Waals surface area contributed by atoms with Gasteiger partial charge < -0.3 is 9.47 Å². The molecule has 2 rings (SSSR count). The predicted octanol–water partition coefficient (Wildman–Crippen LogP) is 4.82. The van der Waals surface area contributed by atoms with Crippen LogP contribution in [0, 0.1) is 12.3 Å². The van der Waals surface area contributed by atoms with E-state index in [1.807, 2.05) is 11.6 Å². The van der Waals surface area contributed by atoms with Crippen LogP contribution in [0.3, 0.4) is 0 Å². The molecule has 0 N–H and O–H groups in total. The maximum absolute atomic E-state index is 5.98. The quantitative estimate of drug-likeness (QED) is 0.621. The zero-order chi connectivity index (χ0) is 15.8. The molecule has 0 aliphatic heterocycles. The van der Waals surface area contributed by atoms with Crippen molar-refractivity contribution in [2.45, 2.75) is 26.7 Å². The zero-order valence-electron chi connectivity index (χ0n) is 13.5. The molecule has 0 fully saturated rings. The summed E-state index contributed by atoms with van der Waals surface area (Å²) in [6.45, 7) is 5.82. The van der Waals surface area contributed by atoms with Crippen molar-refractivity contribution in [3.63, 3.8) is 0 Å². The van der Waals surface area contributed by atoms with Crippen molar-refractivity contribution in [3.8, 4) is 16.3 Å². The molecule has 0 amide bonds. The van der Waals surface area contributed by atoms with Gasteiger partial charge in [-0.3, -0.25) is 0 Å². The minimum absolute atomic E-state index is 0.653. The normalized spacial score (nSPS) is 11.1. The summed E-state index contributed by atoms with van der Waals surface area (Å²) in [6, 6.07) is 6.36. The molecule has 0 aliphatic rings. The van der Waals surface area contributed by atoms with Crippen molar-refractivity contribution in [1.29, 1.82) is 0 Å². The summed E-state index contributed by atoms with van der Waals surface area (Å²) < 4.78 is 11.1. The molecule has 3 nitrogen and oxygen atoms in total. The third-order valence-electron chi connectivity index (χ3n) is 3.24. The van der Waals surface area contributed by atoms with E-state index < -0.39 is 0 Å². The van der Waals surface area contributed by atoms with Crippen molar-refractivity contribution in [3.05, 3.63) is 41.8 Å². The Morgan fingerprint density at radius 3 is 2.82 bits per heavy atom. The van der Waals surface area contributed by atoms with Gasteiger partial charge in [0.15, 0.2) is 0 Å². The summed E-state index contributed by atoms with van der Waals surface area (Å²) in [5.41, 5.74) is 2.27. The average molecular weight is 318 g/mol. The van der Waals surface area contributed by atoms with E-state index in [1.165, 1.54) is 5.56 Å². The molecular formula is C18H24NO2S. The highest BCUT2D eigenvalue weighted by Crippen LogP contribution is 2.33. The third kappa shape index (κ3) is 5.11. The summed E-state index contributed by atoms with van der Waals surface area (Å²) in [4.78, 5) is 4.40. The second kappa shape index (κ2) is 8.91. The first kappa shape index (κ1) is 17.0. The first-order valence-electron chi connectivity index (χ1n) is 7.69. The minimum atomic E-state index is 0.653. The molecule has 0 aliphatic carbocycles.